The minimum atomic E-state index is -0.550. The van der Waals surface area contributed by atoms with Crippen molar-refractivity contribution in [3.05, 3.63) is 102 Å². The Kier molecular flexibility index (Phi) is 6.34. The molecule has 6 nitrogen and oxygen atoms in total. The molecular formula is C30H27NO5. The number of carbonyl (C=O) groups is 2. The number of hydrogen-bond acceptors (Lipinski definition) is 5. The van der Waals surface area contributed by atoms with E-state index < -0.39 is 11.5 Å². The van der Waals surface area contributed by atoms with Gasteiger partial charge in [-0.3, -0.25) is 10.1 Å². The fourth-order valence-electron chi connectivity index (χ4n) is 4.45. The Labute approximate surface area is 209 Å². The van der Waals surface area contributed by atoms with Gasteiger partial charge < -0.3 is 13.9 Å². The topological polar surface area (TPSA) is 77.8 Å². The quantitative estimate of drug-likeness (QED) is 0.284. The highest BCUT2D eigenvalue weighted by Gasteiger charge is 2.52. The number of rotatable bonds is 7. The molecule has 1 aliphatic carbocycles. The van der Waals surface area contributed by atoms with E-state index in [1.807, 2.05) is 85.8 Å². The zero-order chi connectivity index (χ0) is 25.1. The Morgan fingerprint density at radius 2 is 1.47 bits per heavy atom. The summed E-state index contributed by atoms with van der Waals surface area (Å²) in [4.78, 5) is 24.6. The van der Waals surface area contributed by atoms with E-state index in [1.54, 1.807) is 6.07 Å². The number of benzene rings is 3. The van der Waals surface area contributed by atoms with Crippen LogP contribution < -0.4 is 5.32 Å². The molecule has 1 saturated carbocycles. The zero-order valence-electron chi connectivity index (χ0n) is 20.2. The number of methoxy groups -OCH3 is 1. The smallest absolute Gasteiger partial charge is 0.412 e. The number of anilines is 1. The monoisotopic (exact) mass is 481 g/mol. The third kappa shape index (κ3) is 4.62. The van der Waals surface area contributed by atoms with Gasteiger partial charge >= 0.3 is 12.1 Å². The molecule has 1 heterocycles. The lowest BCUT2D eigenvalue weighted by Crippen LogP contribution is -2.21. The van der Waals surface area contributed by atoms with Gasteiger partial charge in [0, 0.05) is 11.6 Å². The number of hydrogen-bond donors (Lipinski definition) is 1. The van der Waals surface area contributed by atoms with Crippen molar-refractivity contribution in [3.8, 4) is 22.5 Å². The van der Waals surface area contributed by atoms with Crippen molar-refractivity contribution in [1.29, 1.82) is 0 Å². The lowest BCUT2D eigenvalue weighted by Gasteiger charge is -2.14. The molecule has 6 heteroatoms. The van der Waals surface area contributed by atoms with Gasteiger partial charge in [-0.25, -0.2) is 4.79 Å². The number of amides is 1. The zero-order valence-corrected chi connectivity index (χ0v) is 20.2. The van der Waals surface area contributed by atoms with Crippen LogP contribution in [0.1, 0.15) is 37.0 Å². The fourth-order valence-corrected chi connectivity index (χ4v) is 4.45. The summed E-state index contributed by atoms with van der Waals surface area (Å²) in [6, 6.07) is 27.2. The Morgan fingerprint density at radius 3 is 2.08 bits per heavy atom. The van der Waals surface area contributed by atoms with Gasteiger partial charge in [0.05, 0.1) is 24.5 Å². The number of esters is 1. The van der Waals surface area contributed by atoms with E-state index in [-0.39, 0.29) is 12.1 Å². The maximum Gasteiger partial charge on any atom is 0.412 e. The number of nitrogens with one attached hydrogen (secondary N) is 1. The van der Waals surface area contributed by atoms with Crippen molar-refractivity contribution in [2.45, 2.75) is 31.3 Å². The summed E-state index contributed by atoms with van der Waals surface area (Å²) in [5.74, 6) is 0.385. The summed E-state index contributed by atoms with van der Waals surface area (Å²) in [7, 11) is 1.44. The first-order chi connectivity index (χ1) is 17.5. The Balaban J connectivity index is 1.27. The molecule has 0 spiro atoms. The van der Waals surface area contributed by atoms with Crippen molar-refractivity contribution >= 4 is 17.7 Å². The second kappa shape index (κ2) is 9.74. The first-order valence-corrected chi connectivity index (χ1v) is 11.9. The summed E-state index contributed by atoms with van der Waals surface area (Å²) in [6.07, 6.45) is 2.26. The Morgan fingerprint density at radius 1 is 0.861 bits per heavy atom. The van der Waals surface area contributed by atoms with Crippen LogP contribution in [0.25, 0.3) is 22.5 Å². The molecule has 0 saturated heterocycles. The van der Waals surface area contributed by atoms with Gasteiger partial charge in [-0.1, -0.05) is 78.9 Å². The lowest BCUT2D eigenvalue weighted by atomic mass is 9.93. The molecule has 4 aromatic rings. The molecular weight excluding hydrogens is 454 g/mol. The number of ether oxygens (including phenoxy) is 2. The van der Waals surface area contributed by atoms with Crippen LogP contribution in [0.2, 0.25) is 0 Å². The van der Waals surface area contributed by atoms with Crippen molar-refractivity contribution in [1.82, 2.24) is 0 Å². The van der Waals surface area contributed by atoms with E-state index in [0.717, 1.165) is 40.7 Å². The Bertz CT molecular complexity index is 1350. The van der Waals surface area contributed by atoms with E-state index in [2.05, 4.69) is 5.32 Å². The van der Waals surface area contributed by atoms with Crippen LogP contribution in [0.5, 0.6) is 0 Å². The highest BCUT2D eigenvalue weighted by atomic mass is 16.6. The minimum Gasteiger partial charge on any atom is -0.468 e. The predicted octanol–water partition coefficient (Wildman–Crippen LogP) is 7.13. The van der Waals surface area contributed by atoms with Gasteiger partial charge in [0.15, 0.2) is 5.76 Å². The maximum atomic E-state index is 12.5. The normalized spacial score (nSPS) is 14.5. The van der Waals surface area contributed by atoms with E-state index in [4.69, 9.17) is 13.9 Å². The summed E-state index contributed by atoms with van der Waals surface area (Å²) >= 11 is 0. The van der Waals surface area contributed by atoms with Crippen LogP contribution >= 0.6 is 0 Å². The van der Waals surface area contributed by atoms with Gasteiger partial charge in [0.25, 0.3) is 0 Å². The summed E-state index contributed by atoms with van der Waals surface area (Å²) in [5.41, 5.74) is 4.88. The predicted molar refractivity (Wildman–Crippen MR) is 137 cm³/mol. The van der Waals surface area contributed by atoms with Crippen LogP contribution in [0, 0.1) is 0 Å². The largest absolute Gasteiger partial charge is 0.468 e. The molecule has 1 amide bonds. The van der Waals surface area contributed by atoms with Crippen LogP contribution in [0.4, 0.5) is 10.5 Å². The SMILES string of the molecule is COC(=O)C1(c2ccc(-c3ccc(-c4occc4NC(=O)OC(C)c4ccccc4)cc3)cc2)CC1. The minimum absolute atomic E-state index is 0.166. The van der Waals surface area contributed by atoms with Crippen molar-refractivity contribution < 1.29 is 23.5 Å². The van der Waals surface area contributed by atoms with Gasteiger partial charge in [-0.2, -0.15) is 0 Å². The number of carbonyl (C=O) groups excluding carboxylic acids is 2. The highest BCUT2D eigenvalue weighted by molar-refractivity contribution is 5.90. The average Bonchev–Trinajstić information content (AvgIpc) is 3.61. The third-order valence-electron chi connectivity index (χ3n) is 6.70. The van der Waals surface area contributed by atoms with Crippen LogP contribution in [-0.4, -0.2) is 19.2 Å². The molecule has 1 aliphatic rings. The molecule has 1 aromatic heterocycles. The molecule has 0 aliphatic heterocycles. The van der Waals surface area contributed by atoms with Crippen molar-refractivity contribution in [3.63, 3.8) is 0 Å². The average molecular weight is 482 g/mol. The summed E-state index contributed by atoms with van der Waals surface area (Å²) in [6.45, 7) is 1.83. The van der Waals surface area contributed by atoms with Crippen LogP contribution in [0.3, 0.4) is 0 Å². The molecule has 1 unspecified atom stereocenters. The lowest BCUT2D eigenvalue weighted by molar-refractivity contribution is -0.143. The van der Waals surface area contributed by atoms with Gasteiger partial charge in [-0.05, 0) is 42.0 Å². The first kappa shape index (κ1) is 23.4. The molecule has 3 aromatic carbocycles. The molecule has 182 valence electrons. The van der Waals surface area contributed by atoms with Gasteiger partial charge in [0.1, 0.15) is 6.10 Å². The first-order valence-electron chi connectivity index (χ1n) is 11.9. The second-order valence-electron chi connectivity index (χ2n) is 8.98. The van der Waals surface area contributed by atoms with E-state index in [0.29, 0.717) is 11.4 Å². The third-order valence-corrected chi connectivity index (χ3v) is 6.70. The van der Waals surface area contributed by atoms with E-state index in [1.165, 1.54) is 13.4 Å². The van der Waals surface area contributed by atoms with Crippen LogP contribution in [-0.2, 0) is 19.7 Å². The fraction of sp³-hybridized carbons (Fsp3) is 0.200. The standard InChI is InChI=1S/C30H27NO5/c1-20(21-6-4-3-5-7-21)36-29(33)31-26-16-19-35-27(26)24-10-8-22(9-11-24)23-12-14-25(15-13-23)30(17-18-30)28(32)34-2/h3-16,19-20H,17-18H2,1-2H3,(H,31,33). The molecule has 36 heavy (non-hydrogen) atoms. The molecule has 0 bridgehead atoms. The molecule has 5 rings (SSSR count). The molecule has 1 atom stereocenters. The molecule has 0 radical (unpaired) electrons. The molecule has 1 N–H and O–H groups in total. The van der Waals surface area contributed by atoms with E-state index >= 15 is 0 Å². The van der Waals surface area contributed by atoms with Crippen LogP contribution in [0.15, 0.2) is 95.6 Å². The van der Waals surface area contributed by atoms with Crippen molar-refractivity contribution in [2.75, 3.05) is 12.4 Å². The van der Waals surface area contributed by atoms with Gasteiger partial charge in [0.2, 0.25) is 0 Å². The van der Waals surface area contributed by atoms with E-state index in [9.17, 15) is 9.59 Å². The number of furan rings is 1. The second-order valence-corrected chi connectivity index (χ2v) is 8.98. The summed E-state index contributed by atoms with van der Waals surface area (Å²) < 4.78 is 16.2. The van der Waals surface area contributed by atoms with Gasteiger partial charge in [-0.15, -0.1) is 0 Å². The van der Waals surface area contributed by atoms with Crippen molar-refractivity contribution in [2.24, 2.45) is 0 Å². The maximum absolute atomic E-state index is 12.5. The highest BCUT2D eigenvalue weighted by Crippen LogP contribution is 2.49. The Hall–Kier alpha value is -4.32. The summed E-state index contributed by atoms with van der Waals surface area (Å²) in [5, 5.41) is 2.78. The molecule has 1 fully saturated rings.